The van der Waals surface area contributed by atoms with Crippen LogP contribution in [-0.4, -0.2) is 71.7 Å². The SMILES string of the molecule is Cl.Cl.Cl.O=C(Nc1nc(-c2ccccc2)cs1)N(CCC(c1ccccc1)c1cccnc1)CCN1CCOCC1. The van der Waals surface area contributed by atoms with Crippen molar-refractivity contribution in [1.82, 2.24) is 19.8 Å². The minimum atomic E-state index is -0.120. The van der Waals surface area contributed by atoms with Crippen LogP contribution >= 0.6 is 48.6 Å². The summed E-state index contributed by atoms with van der Waals surface area (Å²) in [6, 6.07) is 24.4. The Kier molecular flexibility index (Phi) is 15.1. The van der Waals surface area contributed by atoms with Gasteiger partial charge in [-0.3, -0.25) is 15.2 Å². The Bertz CT molecular complexity index is 1240. The van der Waals surface area contributed by atoms with Gasteiger partial charge in [0, 0.05) is 62.0 Å². The van der Waals surface area contributed by atoms with Crippen molar-refractivity contribution in [3.63, 3.8) is 0 Å². The number of halogens is 3. The number of thiazole rings is 1. The topological polar surface area (TPSA) is 70.6 Å². The third kappa shape index (κ3) is 9.95. The summed E-state index contributed by atoms with van der Waals surface area (Å²) in [6.07, 6.45) is 4.52. The van der Waals surface area contributed by atoms with Crippen molar-refractivity contribution in [2.24, 2.45) is 0 Å². The van der Waals surface area contributed by atoms with Gasteiger partial charge in [0.15, 0.2) is 5.13 Å². The molecule has 5 rings (SSSR count). The first-order valence-electron chi connectivity index (χ1n) is 13.1. The second kappa shape index (κ2) is 18.0. The number of anilines is 1. The molecule has 0 radical (unpaired) electrons. The molecule has 220 valence electrons. The van der Waals surface area contributed by atoms with Crippen LogP contribution in [0.4, 0.5) is 9.93 Å². The molecule has 1 unspecified atom stereocenters. The van der Waals surface area contributed by atoms with E-state index < -0.39 is 0 Å². The Morgan fingerprint density at radius 3 is 2.29 bits per heavy atom. The molecule has 0 aliphatic carbocycles. The predicted molar refractivity (Wildman–Crippen MR) is 174 cm³/mol. The molecule has 1 atom stereocenters. The standard InChI is InChI=1S/C30H33N5O2S.3ClH/c36-30(33-29-32-28(23-38-29)25-10-5-2-6-11-25)35(17-16-34-18-20-37-21-19-34)15-13-27(24-8-3-1-4-9-24)26-12-7-14-31-22-26;;;/h1-12,14,22-23,27H,13,15-21H2,(H,32,33,36);3*1H. The lowest BCUT2D eigenvalue weighted by Gasteiger charge is -2.31. The van der Waals surface area contributed by atoms with E-state index in [2.05, 4.69) is 50.5 Å². The molecule has 1 saturated heterocycles. The van der Waals surface area contributed by atoms with Gasteiger partial charge in [0.2, 0.25) is 0 Å². The largest absolute Gasteiger partial charge is 0.379 e. The highest BCUT2D eigenvalue weighted by molar-refractivity contribution is 7.14. The molecule has 41 heavy (non-hydrogen) atoms. The Labute approximate surface area is 264 Å². The normalized spacial score (nSPS) is 13.6. The quantitative estimate of drug-likeness (QED) is 0.206. The molecule has 0 saturated carbocycles. The minimum absolute atomic E-state index is 0. The molecule has 2 aromatic heterocycles. The molecular weight excluding hydrogens is 601 g/mol. The predicted octanol–water partition coefficient (Wildman–Crippen LogP) is 6.86. The number of nitrogens with one attached hydrogen (secondary N) is 1. The molecule has 7 nitrogen and oxygen atoms in total. The summed E-state index contributed by atoms with van der Waals surface area (Å²) < 4.78 is 5.50. The highest BCUT2D eigenvalue weighted by Gasteiger charge is 2.21. The second-order valence-corrected chi connectivity index (χ2v) is 10.2. The number of carbonyl (C=O) groups is 1. The molecular formula is C30H36Cl3N5O2S. The summed E-state index contributed by atoms with van der Waals surface area (Å²) >= 11 is 1.45. The molecule has 0 bridgehead atoms. The van der Waals surface area contributed by atoms with E-state index >= 15 is 0 Å². The summed E-state index contributed by atoms with van der Waals surface area (Å²) in [4.78, 5) is 26.8. The molecule has 2 amide bonds. The van der Waals surface area contributed by atoms with Gasteiger partial charge >= 0.3 is 6.03 Å². The van der Waals surface area contributed by atoms with E-state index in [9.17, 15) is 4.79 Å². The van der Waals surface area contributed by atoms with Gasteiger partial charge < -0.3 is 9.64 Å². The first-order chi connectivity index (χ1) is 18.8. The third-order valence-corrected chi connectivity index (χ3v) is 7.60. The molecule has 0 spiro atoms. The van der Waals surface area contributed by atoms with E-state index in [0.717, 1.165) is 56.1 Å². The third-order valence-electron chi connectivity index (χ3n) is 6.84. The maximum atomic E-state index is 13.5. The maximum absolute atomic E-state index is 13.5. The lowest BCUT2D eigenvalue weighted by Crippen LogP contribution is -2.44. The molecule has 4 aromatic rings. The van der Waals surface area contributed by atoms with Crippen LogP contribution in [0.25, 0.3) is 11.3 Å². The van der Waals surface area contributed by atoms with Crippen LogP contribution in [-0.2, 0) is 4.74 Å². The summed E-state index contributed by atoms with van der Waals surface area (Å²) in [5.74, 6) is 0.146. The highest BCUT2D eigenvalue weighted by Crippen LogP contribution is 2.28. The average molecular weight is 637 g/mol. The van der Waals surface area contributed by atoms with Crippen LogP contribution in [0.2, 0.25) is 0 Å². The van der Waals surface area contributed by atoms with Gasteiger partial charge in [-0.15, -0.1) is 48.6 Å². The zero-order chi connectivity index (χ0) is 26.0. The van der Waals surface area contributed by atoms with Crippen LogP contribution in [0, 0.1) is 0 Å². The first-order valence-corrected chi connectivity index (χ1v) is 14.0. The number of benzene rings is 2. The van der Waals surface area contributed by atoms with Crippen LogP contribution in [0.5, 0.6) is 0 Å². The van der Waals surface area contributed by atoms with E-state index in [4.69, 9.17) is 4.74 Å². The maximum Gasteiger partial charge on any atom is 0.323 e. The molecule has 1 aliphatic rings. The Hall–Kier alpha value is -2.72. The second-order valence-electron chi connectivity index (χ2n) is 9.31. The van der Waals surface area contributed by atoms with E-state index in [1.165, 1.54) is 16.9 Å². The lowest BCUT2D eigenvalue weighted by molar-refractivity contribution is 0.0351. The van der Waals surface area contributed by atoms with Gasteiger partial charge in [-0.25, -0.2) is 9.78 Å². The number of ether oxygens (including phenoxy) is 1. The summed E-state index contributed by atoms with van der Waals surface area (Å²) in [5, 5.41) is 5.65. The molecule has 3 heterocycles. The number of carbonyl (C=O) groups excluding carboxylic acids is 1. The lowest BCUT2D eigenvalue weighted by atomic mass is 9.89. The minimum Gasteiger partial charge on any atom is -0.379 e. The van der Waals surface area contributed by atoms with Crippen LogP contribution in [0.3, 0.4) is 0 Å². The number of aromatic nitrogens is 2. The van der Waals surface area contributed by atoms with Gasteiger partial charge in [0.05, 0.1) is 18.9 Å². The summed E-state index contributed by atoms with van der Waals surface area (Å²) in [5.41, 5.74) is 4.28. The molecule has 1 fully saturated rings. The van der Waals surface area contributed by atoms with Crippen molar-refractivity contribution in [3.8, 4) is 11.3 Å². The van der Waals surface area contributed by atoms with E-state index in [1.54, 1.807) is 6.20 Å². The number of amides is 2. The van der Waals surface area contributed by atoms with Gasteiger partial charge in [0.25, 0.3) is 0 Å². The fourth-order valence-electron chi connectivity index (χ4n) is 4.72. The number of rotatable bonds is 10. The van der Waals surface area contributed by atoms with Crippen molar-refractivity contribution >= 4 is 59.7 Å². The van der Waals surface area contributed by atoms with Crippen molar-refractivity contribution in [1.29, 1.82) is 0 Å². The number of urea groups is 1. The van der Waals surface area contributed by atoms with Gasteiger partial charge in [-0.2, -0.15) is 0 Å². The smallest absolute Gasteiger partial charge is 0.323 e. The molecule has 2 aromatic carbocycles. The number of pyridine rings is 1. The van der Waals surface area contributed by atoms with Crippen LogP contribution < -0.4 is 5.32 Å². The Balaban J connectivity index is 0.00000196. The van der Waals surface area contributed by atoms with E-state index in [0.29, 0.717) is 18.2 Å². The van der Waals surface area contributed by atoms with Crippen LogP contribution in [0.1, 0.15) is 23.5 Å². The van der Waals surface area contributed by atoms with Crippen molar-refractivity contribution < 1.29 is 9.53 Å². The molecule has 1 aliphatic heterocycles. The zero-order valence-corrected chi connectivity index (χ0v) is 25.9. The molecule has 1 N–H and O–H groups in total. The number of morpholine rings is 1. The summed E-state index contributed by atoms with van der Waals surface area (Å²) in [6.45, 7) is 5.33. The molecule has 11 heteroatoms. The number of nitrogens with zero attached hydrogens (tertiary/aromatic N) is 4. The number of hydrogen-bond donors (Lipinski definition) is 1. The van der Waals surface area contributed by atoms with Crippen molar-refractivity contribution in [2.75, 3.05) is 51.3 Å². The monoisotopic (exact) mass is 635 g/mol. The van der Waals surface area contributed by atoms with Crippen LogP contribution in [0.15, 0.2) is 90.6 Å². The fraction of sp³-hybridized carbons (Fsp3) is 0.300. The van der Waals surface area contributed by atoms with Crippen molar-refractivity contribution in [2.45, 2.75) is 12.3 Å². The number of hydrogen-bond acceptors (Lipinski definition) is 6. The first kappa shape index (κ1) is 34.5. The average Bonchev–Trinajstić information content (AvgIpc) is 3.45. The highest BCUT2D eigenvalue weighted by atomic mass is 35.5. The van der Waals surface area contributed by atoms with E-state index in [1.807, 2.05) is 58.9 Å². The Morgan fingerprint density at radius 1 is 0.927 bits per heavy atom. The van der Waals surface area contributed by atoms with E-state index in [-0.39, 0.29) is 49.2 Å². The van der Waals surface area contributed by atoms with Gasteiger partial charge in [-0.05, 0) is 23.6 Å². The summed E-state index contributed by atoms with van der Waals surface area (Å²) in [7, 11) is 0. The van der Waals surface area contributed by atoms with Crippen molar-refractivity contribution in [3.05, 3.63) is 102 Å². The zero-order valence-electron chi connectivity index (χ0n) is 22.6. The van der Waals surface area contributed by atoms with Gasteiger partial charge in [-0.1, -0.05) is 66.7 Å². The Morgan fingerprint density at radius 2 is 1.61 bits per heavy atom. The van der Waals surface area contributed by atoms with Gasteiger partial charge in [0.1, 0.15) is 0 Å². The fourth-order valence-corrected chi connectivity index (χ4v) is 5.43.